The van der Waals surface area contributed by atoms with Gasteiger partial charge in [-0.1, -0.05) is 13.8 Å². The number of nitrogens with one attached hydrogen (secondary N) is 1. The van der Waals surface area contributed by atoms with Crippen molar-refractivity contribution in [3.63, 3.8) is 0 Å². The molecule has 1 N–H and O–H groups in total. The summed E-state index contributed by atoms with van der Waals surface area (Å²) in [7, 11) is 0. The lowest BCUT2D eigenvalue weighted by Crippen LogP contribution is -2.45. The molecule has 2 heterocycles. The number of carbonyl (C=O) groups excluding carboxylic acids is 1. The molecule has 0 bridgehead atoms. The van der Waals surface area contributed by atoms with Crippen molar-refractivity contribution in [2.24, 2.45) is 5.92 Å². The molecule has 18 heavy (non-hydrogen) atoms. The van der Waals surface area contributed by atoms with Gasteiger partial charge in [-0.25, -0.2) is 0 Å². The highest BCUT2D eigenvalue weighted by Crippen LogP contribution is 2.28. The van der Waals surface area contributed by atoms with E-state index in [2.05, 4.69) is 33.0 Å². The summed E-state index contributed by atoms with van der Waals surface area (Å²) in [4.78, 5) is 14.3. The van der Waals surface area contributed by atoms with Crippen LogP contribution in [0.15, 0.2) is 0 Å². The van der Waals surface area contributed by atoms with E-state index in [4.69, 9.17) is 4.74 Å². The van der Waals surface area contributed by atoms with Crippen LogP contribution in [-0.2, 0) is 9.53 Å². The van der Waals surface area contributed by atoms with Crippen molar-refractivity contribution in [1.82, 2.24) is 10.2 Å². The normalized spacial score (nSPS) is 36.9. The third-order valence-electron chi connectivity index (χ3n) is 4.00. The van der Waals surface area contributed by atoms with Gasteiger partial charge < -0.3 is 9.64 Å². The molecule has 3 unspecified atom stereocenters. The van der Waals surface area contributed by atoms with Crippen LogP contribution in [0.3, 0.4) is 0 Å². The van der Waals surface area contributed by atoms with Crippen molar-refractivity contribution >= 4 is 5.91 Å². The second-order valence-corrected chi connectivity index (χ2v) is 6.39. The lowest BCUT2D eigenvalue weighted by Gasteiger charge is -2.31. The van der Waals surface area contributed by atoms with Gasteiger partial charge in [-0.15, -0.1) is 0 Å². The fourth-order valence-corrected chi connectivity index (χ4v) is 3.02. The quantitative estimate of drug-likeness (QED) is 0.831. The van der Waals surface area contributed by atoms with Crippen LogP contribution in [0.5, 0.6) is 0 Å². The second kappa shape index (κ2) is 5.17. The number of nitrogens with zero attached hydrogens (tertiary/aromatic N) is 1. The van der Waals surface area contributed by atoms with Gasteiger partial charge in [-0.3, -0.25) is 10.1 Å². The predicted molar refractivity (Wildman–Crippen MR) is 71.1 cm³/mol. The molecular weight excluding hydrogens is 228 g/mol. The van der Waals surface area contributed by atoms with Gasteiger partial charge in [0.05, 0.1) is 24.4 Å². The molecule has 4 nitrogen and oxygen atoms in total. The molecule has 3 atom stereocenters. The Bertz CT molecular complexity index is 311. The highest BCUT2D eigenvalue weighted by Gasteiger charge is 2.41. The van der Waals surface area contributed by atoms with E-state index in [1.807, 2.05) is 4.90 Å². The minimum absolute atomic E-state index is 0.00926. The van der Waals surface area contributed by atoms with Crippen LogP contribution in [0.2, 0.25) is 0 Å². The first kappa shape index (κ1) is 13.8. The van der Waals surface area contributed by atoms with E-state index in [-0.39, 0.29) is 23.7 Å². The summed E-state index contributed by atoms with van der Waals surface area (Å²) in [6, 6.07) is -0.00926. The highest BCUT2D eigenvalue weighted by molar-refractivity contribution is 5.84. The van der Waals surface area contributed by atoms with Crippen LogP contribution in [0.4, 0.5) is 0 Å². The molecule has 0 aliphatic carbocycles. The number of hydrogen-bond acceptors (Lipinski definition) is 3. The Morgan fingerprint density at radius 2 is 2.28 bits per heavy atom. The molecule has 0 radical (unpaired) electrons. The van der Waals surface area contributed by atoms with E-state index in [0.717, 1.165) is 25.9 Å². The van der Waals surface area contributed by atoms with Crippen molar-refractivity contribution < 1.29 is 9.53 Å². The van der Waals surface area contributed by atoms with Crippen molar-refractivity contribution in [2.75, 3.05) is 13.2 Å². The molecule has 2 rings (SSSR count). The van der Waals surface area contributed by atoms with Crippen LogP contribution in [-0.4, -0.2) is 41.8 Å². The third-order valence-corrected chi connectivity index (χ3v) is 4.00. The molecule has 2 fully saturated rings. The molecule has 0 spiro atoms. The van der Waals surface area contributed by atoms with Crippen molar-refractivity contribution in [2.45, 2.75) is 64.8 Å². The third kappa shape index (κ3) is 2.86. The molecule has 0 aromatic carbocycles. The molecule has 0 aromatic heterocycles. The van der Waals surface area contributed by atoms with Gasteiger partial charge in [0.1, 0.15) is 0 Å². The zero-order chi connectivity index (χ0) is 13.3. The standard InChI is InChI=1S/C14H26N2O2/c1-10(2)8-12-13(17)16(11(3)15-12)9-14(4)6-5-7-18-14/h10-12,15H,5-9H2,1-4H3. The topological polar surface area (TPSA) is 41.6 Å². The van der Waals surface area contributed by atoms with Gasteiger partial charge in [0, 0.05) is 6.61 Å². The Kier molecular flexibility index (Phi) is 3.97. The number of ether oxygens (including phenoxy) is 1. The smallest absolute Gasteiger partial charge is 0.241 e. The van der Waals surface area contributed by atoms with E-state index in [0.29, 0.717) is 12.5 Å². The molecule has 4 heteroatoms. The van der Waals surface area contributed by atoms with Crippen molar-refractivity contribution in [3.05, 3.63) is 0 Å². The lowest BCUT2D eigenvalue weighted by molar-refractivity contribution is -0.133. The fourth-order valence-electron chi connectivity index (χ4n) is 3.02. The second-order valence-electron chi connectivity index (χ2n) is 6.39. The monoisotopic (exact) mass is 254 g/mol. The number of hydrogen-bond donors (Lipinski definition) is 1. The Morgan fingerprint density at radius 1 is 1.56 bits per heavy atom. The van der Waals surface area contributed by atoms with Crippen LogP contribution in [0.1, 0.15) is 47.0 Å². The molecule has 2 saturated heterocycles. The van der Waals surface area contributed by atoms with Gasteiger partial charge in [0.2, 0.25) is 5.91 Å². The Hall–Kier alpha value is -0.610. The summed E-state index contributed by atoms with van der Waals surface area (Å²) in [5, 5.41) is 3.40. The maximum Gasteiger partial charge on any atom is 0.241 e. The minimum atomic E-state index is -0.141. The number of amides is 1. The zero-order valence-electron chi connectivity index (χ0n) is 12.0. The van der Waals surface area contributed by atoms with Gasteiger partial charge in [0.15, 0.2) is 0 Å². The molecular formula is C14H26N2O2. The van der Waals surface area contributed by atoms with E-state index in [9.17, 15) is 4.79 Å². The first-order chi connectivity index (χ1) is 8.41. The molecule has 104 valence electrons. The molecule has 2 aliphatic heterocycles. The zero-order valence-corrected chi connectivity index (χ0v) is 12.0. The van der Waals surface area contributed by atoms with E-state index < -0.39 is 0 Å². The van der Waals surface area contributed by atoms with Gasteiger partial charge in [-0.05, 0) is 39.0 Å². The fraction of sp³-hybridized carbons (Fsp3) is 0.929. The Balaban J connectivity index is 1.98. The maximum atomic E-state index is 12.4. The summed E-state index contributed by atoms with van der Waals surface area (Å²) in [5.74, 6) is 0.782. The predicted octanol–water partition coefficient (Wildman–Crippen LogP) is 1.75. The van der Waals surface area contributed by atoms with Gasteiger partial charge >= 0.3 is 0 Å². The van der Waals surface area contributed by atoms with Crippen molar-refractivity contribution in [3.8, 4) is 0 Å². The summed E-state index contributed by atoms with van der Waals surface area (Å²) < 4.78 is 5.79. The summed E-state index contributed by atoms with van der Waals surface area (Å²) in [5.41, 5.74) is -0.141. The largest absolute Gasteiger partial charge is 0.373 e. The Labute approximate surface area is 110 Å². The highest BCUT2D eigenvalue weighted by atomic mass is 16.5. The molecule has 0 aromatic rings. The summed E-state index contributed by atoms with van der Waals surface area (Å²) in [6.45, 7) is 10.0. The number of carbonyl (C=O) groups is 1. The lowest BCUT2D eigenvalue weighted by atomic mass is 10.0. The van der Waals surface area contributed by atoms with E-state index in [1.54, 1.807) is 0 Å². The summed E-state index contributed by atoms with van der Waals surface area (Å²) >= 11 is 0. The van der Waals surface area contributed by atoms with E-state index in [1.165, 1.54) is 0 Å². The van der Waals surface area contributed by atoms with Crippen LogP contribution >= 0.6 is 0 Å². The molecule has 2 aliphatic rings. The Morgan fingerprint density at radius 3 is 2.83 bits per heavy atom. The average Bonchev–Trinajstić information content (AvgIpc) is 2.79. The first-order valence-corrected chi connectivity index (χ1v) is 7.12. The van der Waals surface area contributed by atoms with Crippen LogP contribution in [0, 0.1) is 5.92 Å². The van der Waals surface area contributed by atoms with Gasteiger partial charge in [0.25, 0.3) is 0 Å². The van der Waals surface area contributed by atoms with E-state index >= 15 is 0 Å². The maximum absolute atomic E-state index is 12.4. The SMILES string of the molecule is CC(C)CC1NC(C)N(CC2(C)CCCO2)C1=O. The first-order valence-electron chi connectivity index (χ1n) is 7.12. The molecule has 0 saturated carbocycles. The minimum Gasteiger partial charge on any atom is -0.373 e. The molecule has 1 amide bonds. The van der Waals surface area contributed by atoms with Crippen molar-refractivity contribution in [1.29, 1.82) is 0 Å². The summed E-state index contributed by atoms with van der Waals surface area (Å²) in [6.07, 6.45) is 3.20. The van der Waals surface area contributed by atoms with Crippen LogP contribution < -0.4 is 5.32 Å². The van der Waals surface area contributed by atoms with Crippen LogP contribution in [0.25, 0.3) is 0 Å². The number of rotatable bonds is 4. The average molecular weight is 254 g/mol. The van der Waals surface area contributed by atoms with Gasteiger partial charge in [-0.2, -0.15) is 0 Å².